The van der Waals surface area contributed by atoms with Crippen molar-refractivity contribution in [3.63, 3.8) is 0 Å². The summed E-state index contributed by atoms with van der Waals surface area (Å²) in [5.74, 6) is 3.17. The van der Waals surface area contributed by atoms with E-state index in [0.717, 1.165) is 29.9 Å². The van der Waals surface area contributed by atoms with E-state index in [0.29, 0.717) is 5.92 Å². The highest BCUT2D eigenvalue weighted by atomic mass is 16.5. The lowest BCUT2D eigenvalue weighted by Crippen LogP contribution is -2.46. The Balaban J connectivity index is 1.77. The van der Waals surface area contributed by atoms with Crippen LogP contribution in [-0.2, 0) is 4.74 Å². The molecule has 0 unspecified atom stereocenters. The Labute approximate surface area is 116 Å². The summed E-state index contributed by atoms with van der Waals surface area (Å²) in [6, 6.07) is 2.47. The van der Waals surface area contributed by atoms with E-state index in [1.807, 2.05) is 0 Å². The topological polar surface area (TPSA) is 33.0 Å². The van der Waals surface area contributed by atoms with Crippen LogP contribution in [0.25, 0.3) is 0 Å². The standard InChI is InChI=1S/C17H25NO/c1-12(2)10-19-11-16(9-18)17-6-13-3-14(7-17)5-15(4-13)8-17/h11-15H,3-8,10H2,1-2H3/b16-11+. The third-order valence-electron chi connectivity index (χ3n) is 5.36. The van der Waals surface area contributed by atoms with Crippen molar-refractivity contribution in [2.45, 2.75) is 52.4 Å². The van der Waals surface area contributed by atoms with Crippen LogP contribution in [0.4, 0.5) is 0 Å². The number of hydrogen-bond acceptors (Lipinski definition) is 2. The van der Waals surface area contributed by atoms with Gasteiger partial charge in [0.15, 0.2) is 0 Å². The molecule has 0 N–H and O–H groups in total. The molecule has 0 amide bonds. The highest BCUT2D eigenvalue weighted by Crippen LogP contribution is 2.62. The predicted octanol–water partition coefficient (Wildman–Crippen LogP) is 4.28. The molecule has 0 radical (unpaired) electrons. The Kier molecular flexibility index (Phi) is 3.33. The predicted molar refractivity (Wildman–Crippen MR) is 75.1 cm³/mol. The van der Waals surface area contributed by atoms with Gasteiger partial charge in [0.25, 0.3) is 0 Å². The van der Waals surface area contributed by atoms with E-state index < -0.39 is 0 Å². The van der Waals surface area contributed by atoms with Crippen LogP contribution in [0.3, 0.4) is 0 Å². The number of allylic oxidation sites excluding steroid dienone is 1. The van der Waals surface area contributed by atoms with Gasteiger partial charge in [0.1, 0.15) is 0 Å². The van der Waals surface area contributed by atoms with Gasteiger partial charge in [-0.05, 0) is 62.2 Å². The SMILES string of the molecule is CC(C)CO/C=C(\C#N)C12CC3CC(CC(C3)C1)C2. The number of nitrogens with zero attached hydrogens (tertiary/aromatic N) is 1. The first-order valence-electron chi connectivity index (χ1n) is 7.83. The lowest BCUT2D eigenvalue weighted by molar-refractivity contribution is -0.0297. The van der Waals surface area contributed by atoms with Crippen LogP contribution in [0.5, 0.6) is 0 Å². The van der Waals surface area contributed by atoms with Crippen molar-refractivity contribution in [2.24, 2.45) is 29.1 Å². The van der Waals surface area contributed by atoms with Gasteiger partial charge >= 0.3 is 0 Å². The number of rotatable bonds is 4. The molecular weight excluding hydrogens is 234 g/mol. The Morgan fingerprint density at radius 1 is 1.21 bits per heavy atom. The van der Waals surface area contributed by atoms with Crippen LogP contribution in [0.1, 0.15) is 52.4 Å². The number of nitriles is 1. The summed E-state index contributed by atoms with van der Waals surface area (Å²) in [4.78, 5) is 0. The first-order valence-corrected chi connectivity index (χ1v) is 7.83. The number of ether oxygens (including phenoxy) is 1. The zero-order valence-corrected chi connectivity index (χ0v) is 12.2. The first kappa shape index (κ1) is 13.0. The fraction of sp³-hybridized carbons (Fsp3) is 0.824. The van der Waals surface area contributed by atoms with E-state index >= 15 is 0 Å². The van der Waals surface area contributed by atoms with Gasteiger partial charge in [0.2, 0.25) is 0 Å². The van der Waals surface area contributed by atoms with Crippen molar-refractivity contribution >= 4 is 0 Å². The van der Waals surface area contributed by atoms with E-state index in [1.54, 1.807) is 6.26 Å². The molecule has 0 spiro atoms. The Hall–Kier alpha value is -0.970. The van der Waals surface area contributed by atoms with Gasteiger partial charge in [0, 0.05) is 5.41 Å². The average Bonchev–Trinajstić information content (AvgIpc) is 2.32. The minimum atomic E-state index is 0.181. The van der Waals surface area contributed by atoms with Crippen molar-refractivity contribution < 1.29 is 4.74 Å². The molecule has 19 heavy (non-hydrogen) atoms. The second-order valence-electron chi connectivity index (χ2n) is 7.57. The molecule has 0 aromatic carbocycles. The van der Waals surface area contributed by atoms with Gasteiger partial charge in [-0.2, -0.15) is 5.26 Å². The zero-order chi connectivity index (χ0) is 13.5. The lowest BCUT2D eigenvalue weighted by atomic mass is 9.48. The van der Waals surface area contributed by atoms with Crippen LogP contribution in [0.2, 0.25) is 0 Å². The van der Waals surface area contributed by atoms with Crippen LogP contribution in [0.15, 0.2) is 11.8 Å². The molecule has 2 nitrogen and oxygen atoms in total. The minimum absolute atomic E-state index is 0.181. The maximum absolute atomic E-state index is 9.55. The molecule has 0 saturated heterocycles. The number of hydrogen-bond donors (Lipinski definition) is 0. The third-order valence-corrected chi connectivity index (χ3v) is 5.36. The molecule has 0 atom stereocenters. The quantitative estimate of drug-likeness (QED) is 0.557. The Morgan fingerprint density at radius 3 is 2.16 bits per heavy atom. The summed E-state index contributed by atoms with van der Waals surface area (Å²) in [6.07, 6.45) is 9.78. The van der Waals surface area contributed by atoms with Gasteiger partial charge in [-0.15, -0.1) is 0 Å². The second kappa shape index (κ2) is 4.85. The van der Waals surface area contributed by atoms with Crippen molar-refractivity contribution in [3.05, 3.63) is 11.8 Å². The molecule has 4 saturated carbocycles. The van der Waals surface area contributed by atoms with Gasteiger partial charge in [-0.1, -0.05) is 13.8 Å². The molecule has 0 aromatic rings. The lowest BCUT2D eigenvalue weighted by Gasteiger charge is -2.56. The van der Waals surface area contributed by atoms with Crippen molar-refractivity contribution in [3.8, 4) is 6.07 Å². The minimum Gasteiger partial charge on any atom is -0.500 e. The molecule has 104 valence electrons. The van der Waals surface area contributed by atoms with Gasteiger partial charge in [-0.3, -0.25) is 0 Å². The van der Waals surface area contributed by atoms with Crippen molar-refractivity contribution in [1.82, 2.24) is 0 Å². The smallest absolute Gasteiger partial charge is 0.0985 e. The van der Waals surface area contributed by atoms with E-state index in [1.165, 1.54) is 38.5 Å². The van der Waals surface area contributed by atoms with Crippen molar-refractivity contribution in [2.75, 3.05) is 6.61 Å². The summed E-state index contributed by atoms with van der Waals surface area (Å²) in [7, 11) is 0. The summed E-state index contributed by atoms with van der Waals surface area (Å²) in [6.45, 7) is 5.01. The van der Waals surface area contributed by atoms with Crippen molar-refractivity contribution in [1.29, 1.82) is 5.26 Å². The van der Waals surface area contributed by atoms with E-state index in [2.05, 4.69) is 19.9 Å². The monoisotopic (exact) mass is 259 g/mol. The second-order valence-corrected chi connectivity index (χ2v) is 7.57. The normalized spacial score (nSPS) is 40.5. The summed E-state index contributed by atoms with van der Waals surface area (Å²) in [5.41, 5.74) is 1.12. The summed E-state index contributed by atoms with van der Waals surface area (Å²) >= 11 is 0. The molecule has 0 aliphatic heterocycles. The zero-order valence-electron chi connectivity index (χ0n) is 12.2. The molecule has 4 aliphatic rings. The van der Waals surface area contributed by atoms with E-state index in [9.17, 15) is 5.26 Å². The highest BCUT2D eigenvalue weighted by Gasteiger charge is 2.52. The average molecular weight is 259 g/mol. The molecule has 4 bridgehead atoms. The fourth-order valence-electron chi connectivity index (χ4n) is 5.03. The molecular formula is C17H25NO. The van der Waals surface area contributed by atoms with Gasteiger partial charge in [-0.25, -0.2) is 0 Å². The molecule has 2 heteroatoms. The maximum atomic E-state index is 9.55. The Morgan fingerprint density at radius 2 is 1.74 bits per heavy atom. The maximum Gasteiger partial charge on any atom is 0.0985 e. The van der Waals surface area contributed by atoms with Crippen LogP contribution in [-0.4, -0.2) is 6.61 Å². The molecule has 0 heterocycles. The first-order chi connectivity index (χ1) is 9.11. The largest absolute Gasteiger partial charge is 0.500 e. The van der Waals surface area contributed by atoms with E-state index in [4.69, 9.17) is 4.74 Å². The summed E-state index contributed by atoms with van der Waals surface area (Å²) < 4.78 is 5.65. The molecule has 4 rings (SSSR count). The van der Waals surface area contributed by atoms with Gasteiger partial charge in [0.05, 0.1) is 24.5 Å². The molecule has 4 fully saturated rings. The molecule has 0 aromatic heterocycles. The highest BCUT2D eigenvalue weighted by molar-refractivity contribution is 5.31. The third kappa shape index (κ3) is 2.40. The van der Waals surface area contributed by atoms with E-state index in [-0.39, 0.29) is 5.41 Å². The van der Waals surface area contributed by atoms with Crippen LogP contribution < -0.4 is 0 Å². The van der Waals surface area contributed by atoms with Gasteiger partial charge < -0.3 is 4.74 Å². The fourth-order valence-corrected chi connectivity index (χ4v) is 5.03. The van der Waals surface area contributed by atoms with Crippen LogP contribution >= 0.6 is 0 Å². The molecule has 4 aliphatic carbocycles. The van der Waals surface area contributed by atoms with Crippen LogP contribution in [0, 0.1) is 40.4 Å². The Bertz CT molecular complexity index is 380. The summed E-state index contributed by atoms with van der Waals surface area (Å²) in [5, 5.41) is 9.55.